The average Bonchev–Trinajstić information content (AvgIpc) is 2.15. The van der Waals surface area contributed by atoms with Crippen molar-refractivity contribution in [2.75, 3.05) is 0 Å². The van der Waals surface area contributed by atoms with E-state index in [4.69, 9.17) is 5.11 Å². The molecule has 0 fully saturated rings. The van der Waals surface area contributed by atoms with Gasteiger partial charge in [-0.1, -0.05) is 18.1 Å². The minimum absolute atomic E-state index is 0.0763. The van der Waals surface area contributed by atoms with Crippen molar-refractivity contribution in [2.45, 2.75) is 6.61 Å². The molecule has 0 saturated carbocycles. The fraction of sp³-hybridized carbons (Fsp3) is 0.111. The molecule has 0 spiro atoms. The molecule has 3 heteroatoms. The van der Waals surface area contributed by atoms with Crippen molar-refractivity contribution in [3.05, 3.63) is 35.4 Å². The van der Waals surface area contributed by atoms with Gasteiger partial charge >= 0.3 is 0 Å². The quantitative estimate of drug-likeness (QED) is 0.633. The van der Waals surface area contributed by atoms with Crippen molar-refractivity contribution < 1.29 is 5.11 Å². The largest absolute Gasteiger partial charge is 0.392 e. The second-order valence-corrected chi connectivity index (χ2v) is 3.84. The topological polar surface area (TPSA) is 20.2 Å². The lowest BCUT2D eigenvalue weighted by atomic mass is 10.1. The SMILES string of the molecule is OCc1cccc(C#CSI)c1. The van der Waals surface area contributed by atoms with Gasteiger partial charge < -0.3 is 5.11 Å². The molecular formula is C9H7IOS. The fourth-order valence-corrected chi connectivity index (χ4v) is 1.31. The lowest BCUT2D eigenvalue weighted by molar-refractivity contribution is 0.282. The maximum Gasteiger partial charge on any atom is 0.0682 e. The van der Waals surface area contributed by atoms with Crippen LogP contribution >= 0.6 is 30.1 Å². The number of hydrogen-bond acceptors (Lipinski definition) is 2. The van der Waals surface area contributed by atoms with Gasteiger partial charge in [0.05, 0.1) is 6.61 Å². The highest BCUT2D eigenvalue weighted by Crippen LogP contribution is 2.09. The summed E-state index contributed by atoms with van der Waals surface area (Å²) in [5.41, 5.74) is 1.85. The van der Waals surface area contributed by atoms with Gasteiger partial charge in [0, 0.05) is 26.8 Å². The molecule has 0 amide bonds. The van der Waals surface area contributed by atoms with E-state index in [1.807, 2.05) is 24.3 Å². The third kappa shape index (κ3) is 3.05. The summed E-state index contributed by atoms with van der Waals surface area (Å²) in [6.07, 6.45) is 0. The highest BCUT2D eigenvalue weighted by Gasteiger charge is 1.90. The molecule has 0 aliphatic carbocycles. The zero-order valence-corrected chi connectivity index (χ0v) is 9.22. The summed E-state index contributed by atoms with van der Waals surface area (Å²) in [5, 5.41) is 11.7. The van der Waals surface area contributed by atoms with Crippen LogP contribution in [0.15, 0.2) is 24.3 Å². The highest BCUT2D eigenvalue weighted by molar-refractivity contribution is 14.2. The molecule has 0 heterocycles. The normalized spacial score (nSPS) is 8.83. The number of aliphatic hydroxyl groups excluding tert-OH is 1. The van der Waals surface area contributed by atoms with Gasteiger partial charge in [0.25, 0.3) is 0 Å². The van der Waals surface area contributed by atoms with E-state index in [9.17, 15) is 0 Å². The Morgan fingerprint density at radius 2 is 2.33 bits per heavy atom. The van der Waals surface area contributed by atoms with Gasteiger partial charge in [0.1, 0.15) is 0 Å². The molecule has 0 aromatic heterocycles. The zero-order chi connectivity index (χ0) is 8.81. The Kier molecular flexibility index (Phi) is 4.51. The lowest BCUT2D eigenvalue weighted by Crippen LogP contribution is -1.82. The minimum atomic E-state index is 0.0763. The molecule has 1 aromatic carbocycles. The summed E-state index contributed by atoms with van der Waals surface area (Å²) in [5.74, 6) is 2.96. The maximum atomic E-state index is 8.83. The molecular weight excluding hydrogens is 283 g/mol. The standard InChI is InChI=1S/C9H7IOS/c10-12-5-4-8-2-1-3-9(6-8)7-11/h1-3,6,11H,7H2. The van der Waals surface area contributed by atoms with Crippen molar-refractivity contribution in [1.82, 2.24) is 0 Å². The molecule has 0 saturated heterocycles. The maximum absolute atomic E-state index is 8.83. The van der Waals surface area contributed by atoms with Gasteiger partial charge in [-0.05, 0) is 31.9 Å². The first-order valence-electron chi connectivity index (χ1n) is 3.35. The summed E-state index contributed by atoms with van der Waals surface area (Å²) >= 11 is 2.13. The summed E-state index contributed by atoms with van der Waals surface area (Å²) in [6, 6.07) is 7.59. The van der Waals surface area contributed by atoms with Gasteiger partial charge in [-0.15, -0.1) is 0 Å². The Morgan fingerprint density at radius 3 is 3.00 bits per heavy atom. The number of benzene rings is 1. The van der Waals surface area contributed by atoms with Crippen LogP contribution in [-0.2, 0) is 6.61 Å². The van der Waals surface area contributed by atoms with Crippen molar-refractivity contribution >= 4 is 30.1 Å². The lowest BCUT2D eigenvalue weighted by Gasteiger charge is -1.94. The molecule has 12 heavy (non-hydrogen) atoms. The summed E-state index contributed by atoms with van der Waals surface area (Å²) in [4.78, 5) is 0. The van der Waals surface area contributed by atoms with E-state index in [1.165, 1.54) is 8.93 Å². The van der Waals surface area contributed by atoms with Crippen molar-refractivity contribution in [3.63, 3.8) is 0 Å². The molecule has 1 rings (SSSR count). The molecule has 0 radical (unpaired) electrons. The Balaban J connectivity index is 2.86. The minimum Gasteiger partial charge on any atom is -0.392 e. The highest BCUT2D eigenvalue weighted by atomic mass is 127. The first-order chi connectivity index (χ1) is 5.86. The van der Waals surface area contributed by atoms with Gasteiger partial charge in [-0.2, -0.15) is 0 Å². The smallest absolute Gasteiger partial charge is 0.0682 e. The van der Waals surface area contributed by atoms with Crippen LogP contribution in [0.25, 0.3) is 0 Å². The fourth-order valence-electron chi connectivity index (χ4n) is 0.826. The molecule has 1 nitrogen and oxygen atoms in total. The molecule has 0 bridgehead atoms. The van der Waals surface area contributed by atoms with E-state index in [2.05, 4.69) is 32.4 Å². The van der Waals surface area contributed by atoms with E-state index in [0.29, 0.717) is 0 Å². The predicted octanol–water partition coefficient (Wildman–Crippen LogP) is 2.57. The molecule has 0 aliphatic heterocycles. The monoisotopic (exact) mass is 290 g/mol. The van der Waals surface area contributed by atoms with Crippen LogP contribution in [-0.4, -0.2) is 5.11 Å². The average molecular weight is 290 g/mol. The number of aliphatic hydroxyl groups is 1. The van der Waals surface area contributed by atoms with E-state index < -0.39 is 0 Å². The number of rotatable bonds is 1. The molecule has 0 atom stereocenters. The third-order valence-corrected chi connectivity index (χ3v) is 2.18. The van der Waals surface area contributed by atoms with Crippen LogP contribution < -0.4 is 0 Å². The first-order valence-corrected chi connectivity index (χ1v) is 6.71. The van der Waals surface area contributed by atoms with Gasteiger partial charge in [-0.25, -0.2) is 0 Å². The second-order valence-electron chi connectivity index (χ2n) is 2.16. The summed E-state index contributed by atoms with van der Waals surface area (Å²) in [7, 11) is 1.46. The van der Waals surface area contributed by atoms with Crippen LogP contribution in [0.3, 0.4) is 0 Å². The Bertz CT molecular complexity index is 314. The van der Waals surface area contributed by atoms with Crippen molar-refractivity contribution in [2.24, 2.45) is 0 Å². The van der Waals surface area contributed by atoms with Crippen LogP contribution in [0.4, 0.5) is 0 Å². The number of hydrogen-bond donors (Lipinski definition) is 1. The van der Waals surface area contributed by atoms with E-state index >= 15 is 0 Å². The number of halogens is 1. The Labute approximate surface area is 88.2 Å². The molecule has 1 aromatic rings. The Morgan fingerprint density at radius 1 is 1.50 bits per heavy atom. The third-order valence-electron chi connectivity index (χ3n) is 1.34. The van der Waals surface area contributed by atoms with Crippen molar-refractivity contribution in [3.8, 4) is 11.2 Å². The predicted molar refractivity (Wildman–Crippen MR) is 60.9 cm³/mol. The van der Waals surface area contributed by atoms with Crippen LogP contribution in [0.5, 0.6) is 0 Å². The first kappa shape index (κ1) is 9.90. The van der Waals surface area contributed by atoms with Crippen LogP contribution in [0.2, 0.25) is 0 Å². The molecule has 0 aliphatic rings. The molecule has 1 N–H and O–H groups in total. The van der Waals surface area contributed by atoms with Crippen LogP contribution in [0.1, 0.15) is 11.1 Å². The van der Waals surface area contributed by atoms with E-state index in [1.54, 1.807) is 0 Å². The van der Waals surface area contributed by atoms with Crippen LogP contribution in [0, 0.1) is 11.2 Å². The summed E-state index contributed by atoms with van der Waals surface area (Å²) in [6.45, 7) is 0.0763. The zero-order valence-electron chi connectivity index (χ0n) is 6.25. The van der Waals surface area contributed by atoms with Crippen molar-refractivity contribution in [1.29, 1.82) is 0 Å². The van der Waals surface area contributed by atoms with Gasteiger partial charge in [0.2, 0.25) is 0 Å². The van der Waals surface area contributed by atoms with E-state index in [-0.39, 0.29) is 6.61 Å². The molecule has 0 unspecified atom stereocenters. The van der Waals surface area contributed by atoms with E-state index in [0.717, 1.165) is 11.1 Å². The summed E-state index contributed by atoms with van der Waals surface area (Å²) < 4.78 is 0. The van der Waals surface area contributed by atoms with Gasteiger partial charge in [0.15, 0.2) is 0 Å². The van der Waals surface area contributed by atoms with Gasteiger partial charge in [-0.3, -0.25) is 0 Å². The molecule has 62 valence electrons. The Hall–Kier alpha value is -0.180. The second kappa shape index (κ2) is 5.46.